The number of aryl methyl sites for hydroxylation is 2. The zero-order chi connectivity index (χ0) is 33.4. The summed E-state index contributed by atoms with van der Waals surface area (Å²) in [6, 6.07) is 10.6. The number of aliphatic imine (C=N–C) groups is 1. The van der Waals surface area contributed by atoms with Crippen LogP contribution in [0.2, 0.25) is 0 Å². The van der Waals surface area contributed by atoms with Crippen molar-refractivity contribution in [3.8, 4) is 11.3 Å². The lowest BCUT2D eigenvalue weighted by molar-refractivity contribution is -0.139. The molecule has 1 aliphatic rings. The lowest BCUT2D eigenvalue weighted by Crippen LogP contribution is -2.42. The molecule has 3 heterocycles. The molecule has 1 saturated heterocycles. The highest BCUT2D eigenvalue weighted by Crippen LogP contribution is 2.32. The third-order valence-corrected chi connectivity index (χ3v) is 8.56. The maximum absolute atomic E-state index is 13.5. The van der Waals surface area contributed by atoms with Crippen molar-refractivity contribution in [1.29, 1.82) is 0 Å². The number of hydrogen-bond donors (Lipinski definition) is 2. The van der Waals surface area contributed by atoms with Crippen LogP contribution in [0.25, 0.3) is 11.3 Å². The molecule has 0 saturated carbocycles. The molecule has 1 unspecified atom stereocenters. The van der Waals surface area contributed by atoms with Crippen LogP contribution < -0.4 is 5.32 Å². The number of carbonyl (C=O) groups is 2. The largest absolute Gasteiger partial charge is 0.445 e. The summed E-state index contributed by atoms with van der Waals surface area (Å²) in [4.78, 5) is 38.7. The van der Waals surface area contributed by atoms with Gasteiger partial charge >= 0.3 is 6.09 Å². The van der Waals surface area contributed by atoms with Crippen molar-refractivity contribution in [2.45, 2.75) is 86.7 Å². The van der Waals surface area contributed by atoms with Gasteiger partial charge < -0.3 is 19.9 Å². The predicted octanol–water partition coefficient (Wildman–Crippen LogP) is 6.05. The van der Waals surface area contributed by atoms with Crippen LogP contribution in [0.5, 0.6) is 0 Å². The Morgan fingerprint density at radius 2 is 1.80 bits per heavy atom. The molecule has 46 heavy (non-hydrogen) atoms. The van der Waals surface area contributed by atoms with Crippen LogP contribution in [-0.4, -0.2) is 81.8 Å². The van der Waals surface area contributed by atoms with E-state index in [0.717, 1.165) is 42.0 Å². The highest BCUT2D eigenvalue weighted by molar-refractivity contribution is 5.90. The monoisotopic (exact) mass is 629 g/mol. The van der Waals surface area contributed by atoms with Gasteiger partial charge in [-0.2, -0.15) is 5.10 Å². The topological polar surface area (TPSA) is 116 Å². The van der Waals surface area contributed by atoms with Gasteiger partial charge in [0.1, 0.15) is 0 Å². The molecule has 0 aliphatic carbocycles. The minimum Gasteiger partial charge on any atom is -0.445 e. The van der Waals surface area contributed by atoms with E-state index in [1.165, 1.54) is 16.7 Å². The van der Waals surface area contributed by atoms with Gasteiger partial charge in [-0.25, -0.2) is 4.79 Å². The fraction of sp³-hybridized carbons (Fsp3) is 0.528. The Kier molecular flexibility index (Phi) is 11.6. The lowest BCUT2D eigenvalue weighted by Gasteiger charge is -2.30. The van der Waals surface area contributed by atoms with E-state index in [-0.39, 0.29) is 12.0 Å². The summed E-state index contributed by atoms with van der Waals surface area (Å²) in [5, 5.41) is 11.6. The van der Waals surface area contributed by atoms with E-state index in [2.05, 4.69) is 57.3 Å². The third-order valence-electron chi connectivity index (χ3n) is 8.56. The van der Waals surface area contributed by atoms with Crippen LogP contribution >= 0.6 is 0 Å². The first-order chi connectivity index (χ1) is 21.9. The number of aromatic nitrogens is 3. The average molecular weight is 630 g/mol. The second-order valence-corrected chi connectivity index (χ2v) is 13.2. The Morgan fingerprint density at radius 3 is 2.43 bits per heavy atom. The van der Waals surface area contributed by atoms with Gasteiger partial charge in [-0.3, -0.25) is 14.9 Å². The summed E-state index contributed by atoms with van der Waals surface area (Å²) < 4.78 is 5.39. The number of benzene rings is 1. The highest BCUT2D eigenvalue weighted by Gasteiger charge is 2.34. The number of hydrogen-bond acceptors (Lipinski definition) is 5. The number of likely N-dealkylation sites (tertiary alicyclic amines) is 1. The molecule has 0 radical (unpaired) electrons. The van der Waals surface area contributed by atoms with E-state index < -0.39 is 11.5 Å². The van der Waals surface area contributed by atoms with Crippen molar-refractivity contribution < 1.29 is 14.3 Å². The molecule has 1 fully saturated rings. The number of carbonyl (C=O) groups excluding carboxylic acids is 2. The number of aromatic amines is 1. The Morgan fingerprint density at radius 1 is 1.13 bits per heavy atom. The minimum atomic E-state index is -0.631. The normalized spacial score (nSPS) is 15.4. The second-order valence-electron chi connectivity index (χ2n) is 13.2. The number of nitrogens with one attached hydrogen (secondary N) is 2. The van der Waals surface area contributed by atoms with Gasteiger partial charge in [0.05, 0.1) is 17.5 Å². The van der Waals surface area contributed by atoms with E-state index in [0.29, 0.717) is 44.4 Å². The Bertz CT molecular complexity index is 1490. The fourth-order valence-corrected chi connectivity index (χ4v) is 6.31. The smallest absolute Gasteiger partial charge is 0.437 e. The van der Waals surface area contributed by atoms with E-state index in [9.17, 15) is 9.59 Å². The standard InChI is InChI=1S/C36H51N7O3/c1-9-42(10-2)33(44)36(7,8)22-31-30(32(41-40-31)29-20-25(5)19-26(6)21-29)13-17-38-34(39-35(45)46-24(3)4)43-18-14-28(23-43)27-11-15-37-16-12-27/h11-12,15-16,19-21,24,28H,9-10,13-14,17-18,22-23H2,1-8H3,(H,40,41)(H,38,39,45). The van der Waals surface area contributed by atoms with Crippen LogP contribution in [0.1, 0.15) is 81.8 Å². The summed E-state index contributed by atoms with van der Waals surface area (Å²) >= 11 is 0. The van der Waals surface area contributed by atoms with E-state index in [4.69, 9.17) is 9.84 Å². The van der Waals surface area contributed by atoms with E-state index in [1.54, 1.807) is 0 Å². The summed E-state index contributed by atoms with van der Waals surface area (Å²) in [5.41, 5.74) is 6.88. The minimum absolute atomic E-state index is 0.119. The summed E-state index contributed by atoms with van der Waals surface area (Å²) in [5.74, 6) is 0.948. The maximum Gasteiger partial charge on any atom is 0.437 e. The molecular formula is C36H51N7O3. The van der Waals surface area contributed by atoms with Gasteiger partial charge in [0.25, 0.3) is 0 Å². The van der Waals surface area contributed by atoms with Crippen molar-refractivity contribution in [3.05, 3.63) is 70.7 Å². The van der Waals surface area contributed by atoms with Gasteiger partial charge in [-0.05, 0) is 84.2 Å². The zero-order valence-electron chi connectivity index (χ0n) is 28.8. The number of guanidine groups is 1. The first-order valence-electron chi connectivity index (χ1n) is 16.5. The van der Waals surface area contributed by atoms with Crippen molar-refractivity contribution in [2.24, 2.45) is 10.4 Å². The highest BCUT2D eigenvalue weighted by atomic mass is 16.6. The van der Waals surface area contributed by atoms with Crippen LogP contribution in [-0.2, 0) is 22.4 Å². The second kappa shape index (κ2) is 15.4. The maximum atomic E-state index is 13.5. The third kappa shape index (κ3) is 8.73. The van der Waals surface area contributed by atoms with Crippen LogP contribution in [0, 0.1) is 19.3 Å². The Hall–Kier alpha value is -4.21. The van der Waals surface area contributed by atoms with Gasteiger partial charge in [0, 0.05) is 74.0 Å². The molecule has 0 spiro atoms. The average Bonchev–Trinajstić information content (AvgIpc) is 3.64. The lowest BCUT2D eigenvalue weighted by atomic mass is 9.84. The molecule has 248 valence electrons. The molecule has 2 aromatic heterocycles. The fourth-order valence-electron chi connectivity index (χ4n) is 6.31. The van der Waals surface area contributed by atoms with Crippen molar-refractivity contribution in [2.75, 3.05) is 32.7 Å². The quantitative estimate of drug-likeness (QED) is 0.196. The van der Waals surface area contributed by atoms with Gasteiger partial charge in [-0.15, -0.1) is 4.99 Å². The molecule has 1 atom stereocenters. The van der Waals surface area contributed by atoms with Crippen LogP contribution in [0.15, 0.2) is 47.7 Å². The number of amides is 2. The van der Waals surface area contributed by atoms with Crippen molar-refractivity contribution >= 4 is 18.0 Å². The number of rotatable bonds is 11. The van der Waals surface area contributed by atoms with Crippen molar-refractivity contribution in [3.63, 3.8) is 0 Å². The van der Waals surface area contributed by atoms with Gasteiger partial charge in [0.2, 0.25) is 11.9 Å². The van der Waals surface area contributed by atoms with Gasteiger partial charge in [0.15, 0.2) is 0 Å². The molecule has 3 aromatic rings. The van der Waals surface area contributed by atoms with Crippen LogP contribution in [0.4, 0.5) is 4.79 Å². The van der Waals surface area contributed by atoms with Crippen molar-refractivity contribution in [1.82, 2.24) is 30.3 Å². The number of ether oxygens (including phenoxy) is 1. The number of pyridine rings is 1. The molecule has 10 heteroatoms. The summed E-state index contributed by atoms with van der Waals surface area (Å²) in [6.45, 7) is 19.2. The van der Waals surface area contributed by atoms with E-state index >= 15 is 0 Å². The van der Waals surface area contributed by atoms with Gasteiger partial charge in [-0.1, -0.05) is 31.0 Å². The Labute approximate surface area is 274 Å². The number of H-pyrrole nitrogens is 1. The first-order valence-corrected chi connectivity index (χ1v) is 16.5. The predicted molar refractivity (Wildman–Crippen MR) is 183 cm³/mol. The first kappa shape index (κ1) is 34.7. The molecule has 0 bridgehead atoms. The van der Waals surface area contributed by atoms with Crippen LogP contribution in [0.3, 0.4) is 0 Å². The molecule has 2 N–H and O–H groups in total. The molecule has 1 aliphatic heterocycles. The zero-order valence-corrected chi connectivity index (χ0v) is 28.8. The molecule has 4 rings (SSSR count). The molecule has 10 nitrogen and oxygen atoms in total. The molecule has 1 aromatic carbocycles. The molecular weight excluding hydrogens is 578 g/mol. The Balaban J connectivity index is 1.61. The number of nitrogens with zero attached hydrogens (tertiary/aromatic N) is 5. The summed E-state index contributed by atoms with van der Waals surface area (Å²) in [7, 11) is 0. The molecule has 2 amide bonds. The van der Waals surface area contributed by atoms with E-state index in [1.807, 2.05) is 71.0 Å². The summed E-state index contributed by atoms with van der Waals surface area (Å²) in [6.07, 6.45) is 4.82. The SMILES string of the molecule is CCN(CC)C(=O)C(C)(C)Cc1n[nH]c(-c2cc(C)cc(C)c2)c1CCNC(=NC(=O)OC(C)C)N1CCC(c2ccncc2)C1.